The lowest BCUT2D eigenvalue weighted by Gasteiger charge is -2.29. The van der Waals surface area contributed by atoms with Crippen molar-refractivity contribution in [1.29, 1.82) is 10.5 Å². The number of hydrogen-bond acceptors (Lipinski definition) is 4. The summed E-state index contributed by atoms with van der Waals surface area (Å²) in [5.74, 6) is -0.164. The molecule has 0 aliphatic heterocycles. The van der Waals surface area contributed by atoms with Crippen molar-refractivity contribution in [3.63, 3.8) is 0 Å². The van der Waals surface area contributed by atoms with Crippen molar-refractivity contribution in [1.82, 2.24) is 0 Å². The predicted molar refractivity (Wildman–Crippen MR) is 85.0 cm³/mol. The van der Waals surface area contributed by atoms with Crippen LogP contribution in [0, 0.1) is 22.7 Å². The van der Waals surface area contributed by atoms with Crippen molar-refractivity contribution in [3.8, 4) is 17.9 Å². The number of benzene rings is 1. The van der Waals surface area contributed by atoms with Crippen molar-refractivity contribution in [2.45, 2.75) is 24.7 Å². The Bertz CT molecular complexity index is 921. The summed E-state index contributed by atoms with van der Waals surface area (Å²) in [6.45, 7) is 0. The Hall–Kier alpha value is -3.56. The highest BCUT2D eigenvalue weighted by Gasteiger charge is 2.57. The monoisotopic (exact) mass is 497 g/mol. The number of anilines is 1. The maximum absolute atomic E-state index is 13.2. The quantitative estimate of drug-likeness (QED) is 0.362. The summed E-state index contributed by atoms with van der Waals surface area (Å²) < 4.78 is 163. The molecule has 180 valence electrons. The highest BCUT2D eigenvalue weighted by Crippen LogP contribution is 2.46. The fourth-order valence-electron chi connectivity index (χ4n) is 2.40. The highest BCUT2D eigenvalue weighted by molar-refractivity contribution is 5.68. The summed E-state index contributed by atoms with van der Waals surface area (Å²) in [6.07, 6.45) is -25.9. The van der Waals surface area contributed by atoms with E-state index in [2.05, 4.69) is 4.74 Å². The Balaban J connectivity index is 4.36. The molecule has 0 aliphatic carbocycles. The zero-order chi connectivity index (χ0) is 26.0. The van der Waals surface area contributed by atoms with Gasteiger partial charge in [-0.25, -0.2) is 0 Å². The molecule has 4 nitrogen and oxygen atoms in total. The average Bonchev–Trinajstić information content (AvgIpc) is 2.62. The van der Waals surface area contributed by atoms with Gasteiger partial charge in [-0.1, -0.05) is 0 Å². The third kappa shape index (κ3) is 6.24. The SMILES string of the molecule is COc1ccc(N(C(C#N)=C(C(F)(F)F)C(F)(F)F)C(C#N)=C(C(F)(F)F)C(F)(F)F)cc1. The Morgan fingerprint density at radius 2 is 0.970 bits per heavy atom. The van der Waals surface area contributed by atoms with E-state index in [1.807, 2.05) is 0 Å². The molecule has 0 aromatic heterocycles. The van der Waals surface area contributed by atoms with E-state index in [0.717, 1.165) is 19.2 Å². The van der Waals surface area contributed by atoms with E-state index >= 15 is 0 Å². The van der Waals surface area contributed by atoms with Crippen molar-refractivity contribution in [2.24, 2.45) is 0 Å². The fraction of sp³-hybridized carbons (Fsp3) is 0.294. The smallest absolute Gasteiger partial charge is 0.424 e. The second-order valence-electron chi connectivity index (χ2n) is 5.70. The van der Waals surface area contributed by atoms with Crippen LogP contribution in [-0.4, -0.2) is 31.8 Å². The number of alkyl halides is 12. The number of methoxy groups -OCH3 is 1. The van der Waals surface area contributed by atoms with Crippen molar-refractivity contribution < 1.29 is 57.4 Å². The molecule has 0 heterocycles. The molecule has 0 atom stereocenters. The lowest BCUT2D eigenvalue weighted by Crippen LogP contribution is -2.37. The summed E-state index contributed by atoms with van der Waals surface area (Å²) >= 11 is 0. The fourth-order valence-corrected chi connectivity index (χ4v) is 2.40. The van der Waals surface area contributed by atoms with Crippen LogP contribution in [0.5, 0.6) is 5.75 Å². The van der Waals surface area contributed by atoms with Gasteiger partial charge in [-0.2, -0.15) is 63.2 Å². The van der Waals surface area contributed by atoms with Crippen LogP contribution < -0.4 is 9.64 Å². The van der Waals surface area contributed by atoms with Gasteiger partial charge in [0, 0.05) is 5.69 Å². The first kappa shape index (κ1) is 27.5. The van der Waals surface area contributed by atoms with E-state index < -0.39 is 57.8 Å². The summed E-state index contributed by atoms with van der Waals surface area (Å²) in [7, 11) is 1.03. The molecule has 1 aromatic rings. The molecule has 0 radical (unpaired) electrons. The van der Waals surface area contributed by atoms with Crippen LogP contribution in [0.1, 0.15) is 0 Å². The van der Waals surface area contributed by atoms with E-state index in [-0.39, 0.29) is 5.75 Å². The third-order valence-electron chi connectivity index (χ3n) is 3.60. The topological polar surface area (TPSA) is 60.0 Å². The number of allylic oxidation sites excluding steroid dienone is 4. The summed E-state index contributed by atoms with van der Waals surface area (Å²) in [5, 5.41) is 18.0. The van der Waals surface area contributed by atoms with Gasteiger partial charge >= 0.3 is 24.7 Å². The Labute approximate surface area is 176 Å². The van der Waals surface area contributed by atoms with Gasteiger partial charge in [0.15, 0.2) is 11.1 Å². The molecule has 0 aliphatic rings. The lowest BCUT2D eigenvalue weighted by atomic mass is 10.1. The van der Waals surface area contributed by atoms with Crippen LogP contribution in [-0.2, 0) is 0 Å². The summed E-state index contributed by atoms with van der Waals surface area (Å²) in [6, 6.07) is 3.04. The van der Waals surface area contributed by atoms with E-state index in [9.17, 15) is 52.7 Å². The minimum Gasteiger partial charge on any atom is -0.497 e. The molecular weight excluding hydrogens is 490 g/mol. The minimum absolute atomic E-state index is 0.164. The van der Waals surface area contributed by atoms with Crippen LogP contribution in [0.25, 0.3) is 0 Å². The Morgan fingerprint density at radius 3 is 1.18 bits per heavy atom. The van der Waals surface area contributed by atoms with E-state index in [4.69, 9.17) is 10.5 Å². The molecule has 0 saturated carbocycles. The largest absolute Gasteiger partial charge is 0.497 e. The molecule has 0 N–H and O–H groups in total. The highest BCUT2D eigenvalue weighted by atomic mass is 19.4. The first-order valence-corrected chi connectivity index (χ1v) is 7.82. The van der Waals surface area contributed by atoms with E-state index in [1.54, 1.807) is 0 Å². The second-order valence-corrected chi connectivity index (χ2v) is 5.70. The van der Waals surface area contributed by atoms with Crippen LogP contribution in [0.4, 0.5) is 58.4 Å². The van der Waals surface area contributed by atoms with Crippen LogP contribution in [0.2, 0.25) is 0 Å². The maximum Gasteiger partial charge on any atom is 0.424 e. The molecule has 33 heavy (non-hydrogen) atoms. The number of hydrogen-bond donors (Lipinski definition) is 0. The first-order valence-electron chi connectivity index (χ1n) is 7.82. The van der Waals surface area contributed by atoms with Crippen molar-refractivity contribution in [3.05, 3.63) is 46.8 Å². The van der Waals surface area contributed by atoms with Gasteiger partial charge in [-0.15, -0.1) is 0 Å². The zero-order valence-corrected chi connectivity index (χ0v) is 15.6. The number of ether oxygens (including phenoxy) is 1. The summed E-state index contributed by atoms with van der Waals surface area (Å²) in [4.78, 5) is -1.01. The van der Waals surface area contributed by atoms with Crippen LogP contribution in [0.15, 0.2) is 46.8 Å². The normalized spacial score (nSPS) is 12.3. The molecule has 0 unspecified atom stereocenters. The van der Waals surface area contributed by atoms with Gasteiger partial charge in [-0.05, 0) is 24.3 Å². The summed E-state index contributed by atoms with van der Waals surface area (Å²) in [5.41, 5.74) is -14.2. The number of nitrogens with zero attached hydrogens (tertiary/aromatic N) is 3. The molecular formula is C17H7F12N3O. The minimum atomic E-state index is -6.47. The number of rotatable bonds is 4. The van der Waals surface area contributed by atoms with Crippen molar-refractivity contribution in [2.75, 3.05) is 12.0 Å². The predicted octanol–water partition coefficient (Wildman–Crippen LogP) is 6.31. The van der Waals surface area contributed by atoms with Gasteiger partial charge in [0.25, 0.3) is 0 Å². The van der Waals surface area contributed by atoms with Gasteiger partial charge in [0.1, 0.15) is 29.3 Å². The van der Waals surface area contributed by atoms with Gasteiger partial charge < -0.3 is 4.74 Å². The van der Waals surface area contributed by atoms with Gasteiger partial charge in [0.05, 0.1) is 7.11 Å². The zero-order valence-electron chi connectivity index (χ0n) is 15.6. The van der Waals surface area contributed by atoms with E-state index in [1.165, 1.54) is 0 Å². The molecule has 1 aromatic carbocycles. The van der Waals surface area contributed by atoms with Gasteiger partial charge in [0.2, 0.25) is 0 Å². The molecule has 0 saturated heterocycles. The third-order valence-corrected chi connectivity index (χ3v) is 3.60. The molecule has 0 spiro atoms. The number of halogens is 12. The Morgan fingerprint density at radius 1 is 0.667 bits per heavy atom. The van der Waals surface area contributed by atoms with Crippen molar-refractivity contribution >= 4 is 5.69 Å². The molecule has 1 rings (SSSR count). The Kier molecular flexibility index (Phi) is 7.60. The maximum atomic E-state index is 13.2. The van der Waals surface area contributed by atoms with E-state index in [0.29, 0.717) is 24.3 Å². The molecule has 0 fully saturated rings. The van der Waals surface area contributed by atoms with Gasteiger partial charge in [-0.3, -0.25) is 4.90 Å². The first-order chi connectivity index (χ1) is 14.8. The van der Waals surface area contributed by atoms with Crippen LogP contribution >= 0.6 is 0 Å². The second kappa shape index (κ2) is 9.13. The standard InChI is InChI=1S/C17H7F12N3O/c1-33-9-4-2-8(3-5-9)32(10(6-30)12(14(18,19)20)15(21,22)23)11(7-31)13(16(24,25)26)17(27,28)29/h2-5H,1H3. The molecule has 0 amide bonds. The molecule has 16 heteroatoms. The number of nitriles is 2. The molecule has 0 bridgehead atoms. The van der Waals surface area contributed by atoms with Crippen LogP contribution in [0.3, 0.4) is 0 Å². The average molecular weight is 497 g/mol. The lowest BCUT2D eigenvalue weighted by molar-refractivity contribution is -0.173.